The summed E-state index contributed by atoms with van der Waals surface area (Å²) >= 11 is 0. The third kappa shape index (κ3) is 3.02. The number of nitrogens with zero attached hydrogens (tertiary/aromatic N) is 3. The van der Waals surface area contributed by atoms with Gasteiger partial charge in [0.25, 0.3) is 0 Å². The summed E-state index contributed by atoms with van der Waals surface area (Å²) < 4.78 is 0. The van der Waals surface area contributed by atoms with Gasteiger partial charge in [-0.1, -0.05) is 26.0 Å². The average Bonchev–Trinajstić information content (AvgIpc) is 3.11. The van der Waals surface area contributed by atoms with E-state index in [1.807, 2.05) is 38.1 Å². The molecule has 2 aromatic rings. The first-order valence-corrected chi connectivity index (χ1v) is 8.15. The number of benzene rings is 1. The molecule has 1 N–H and O–H groups in total. The summed E-state index contributed by atoms with van der Waals surface area (Å²) in [6.45, 7) is 5.11. The summed E-state index contributed by atoms with van der Waals surface area (Å²) in [6, 6.07) is 9.46. The fraction of sp³-hybridized carbons (Fsp3) is 0.444. The maximum absolute atomic E-state index is 12.8. The molecule has 2 heterocycles. The number of carbonyl (C=O) groups is 2. The summed E-state index contributed by atoms with van der Waals surface area (Å²) in [5.41, 5.74) is 1.52. The largest absolute Gasteiger partial charge is 0.342 e. The van der Waals surface area contributed by atoms with Gasteiger partial charge in [0, 0.05) is 25.4 Å². The van der Waals surface area contributed by atoms with Gasteiger partial charge >= 0.3 is 0 Å². The van der Waals surface area contributed by atoms with Crippen molar-refractivity contribution in [1.29, 1.82) is 5.26 Å². The highest BCUT2D eigenvalue weighted by Crippen LogP contribution is 2.27. The number of para-hydroxylation sites is 2. The second kappa shape index (κ2) is 6.44. The molecule has 0 aliphatic carbocycles. The second-order valence-corrected chi connectivity index (χ2v) is 6.70. The fourth-order valence-electron chi connectivity index (χ4n) is 3.18. The minimum absolute atomic E-state index is 0.0108. The maximum atomic E-state index is 12.8. The number of Topliss-reactive ketones (excluding diaryl/α,β-unsaturated/α-hetero) is 1. The molecule has 0 radical (unpaired) electrons. The van der Waals surface area contributed by atoms with Gasteiger partial charge in [-0.15, -0.1) is 0 Å². The van der Waals surface area contributed by atoms with Crippen molar-refractivity contribution in [2.24, 2.45) is 11.8 Å². The Labute approximate surface area is 140 Å². The molecule has 0 spiro atoms. The molecular weight excluding hydrogens is 304 g/mol. The van der Waals surface area contributed by atoms with E-state index in [9.17, 15) is 14.9 Å². The van der Waals surface area contributed by atoms with Crippen molar-refractivity contribution in [2.75, 3.05) is 13.1 Å². The highest BCUT2D eigenvalue weighted by molar-refractivity contribution is 5.95. The van der Waals surface area contributed by atoms with Gasteiger partial charge in [0.15, 0.2) is 11.7 Å². The topological polar surface area (TPSA) is 89.8 Å². The van der Waals surface area contributed by atoms with Crippen molar-refractivity contribution in [3.63, 3.8) is 0 Å². The van der Waals surface area contributed by atoms with E-state index in [4.69, 9.17) is 0 Å². The fourth-order valence-corrected chi connectivity index (χ4v) is 3.18. The van der Waals surface area contributed by atoms with E-state index in [-0.39, 0.29) is 18.1 Å². The number of imidazole rings is 1. The van der Waals surface area contributed by atoms with E-state index in [0.717, 1.165) is 11.0 Å². The summed E-state index contributed by atoms with van der Waals surface area (Å²) in [4.78, 5) is 34.0. The van der Waals surface area contributed by atoms with Gasteiger partial charge < -0.3 is 9.88 Å². The predicted molar refractivity (Wildman–Crippen MR) is 89.0 cm³/mol. The molecule has 0 unspecified atom stereocenters. The van der Waals surface area contributed by atoms with Crippen molar-refractivity contribution in [3.05, 3.63) is 30.1 Å². The molecule has 3 rings (SSSR count). The summed E-state index contributed by atoms with van der Waals surface area (Å²) in [5, 5.41) is 9.48. The Balaban J connectivity index is 1.80. The van der Waals surface area contributed by atoms with Gasteiger partial charge in [-0.05, 0) is 18.1 Å². The Hall–Kier alpha value is -2.68. The van der Waals surface area contributed by atoms with E-state index in [1.165, 1.54) is 0 Å². The van der Waals surface area contributed by atoms with Crippen LogP contribution in [0.15, 0.2) is 24.3 Å². The quantitative estimate of drug-likeness (QED) is 0.913. The van der Waals surface area contributed by atoms with Crippen LogP contribution in [0.2, 0.25) is 0 Å². The van der Waals surface area contributed by atoms with Crippen molar-refractivity contribution < 1.29 is 9.59 Å². The minimum Gasteiger partial charge on any atom is -0.342 e. The number of hydrogen-bond donors (Lipinski definition) is 1. The van der Waals surface area contributed by atoms with E-state index < -0.39 is 11.8 Å². The van der Waals surface area contributed by atoms with E-state index >= 15 is 0 Å². The second-order valence-electron chi connectivity index (χ2n) is 6.70. The third-order valence-corrected chi connectivity index (χ3v) is 4.30. The number of fused-ring (bicyclic) bond motifs is 1. The number of aromatic nitrogens is 2. The van der Waals surface area contributed by atoms with Crippen molar-refractivity contribution >= 4 is 22.7 Å². The number of likely N-dealkylation sites (tertiary alicyclic amines) is 1. The Morgan fingerprint density at radius 1 is 1.46 bits per heavy atom. The Bertz CT molecular complexity index is 785. The van der Waals surface area contributed by atoms with Crippen LogP contribution in [0.5, 0.6) is 0 Å². The molecule has 1 aromatic carbocycles. The van der Waals surface area contributed by atoms with Crippen LogP contribution in [-0.2, 0) is 9.59 Å². The number of aromatic amines is 1. The number of ketones is 1. The molecular formula is C18H20N4O2. The Morgan fingerprint density at radius 3 is 2.88 bits per heavy atom. The molecule has 1 aliphatic rings. The lowest BCUT2D eigenvalue weighted by Gasteiger charge is -2.18. The average molecular weight is 324 g/mol. The van der Waals surface area contributed by atoms with Gasteiger partial charge in [-0.25, -0.2) is 4.98 Å². The van der Waals surface area contributed by atoms with Crippen molar-refractivity contribution in [1.82, 2.24) is 14.9 Å². The first kappa shape index (κ1) is 16.2. The summed E-state index contributed by atoms with van der Waals surface area (Å²) in [6.07, 6.45) is 0.184. The molecule has 124 valence electrons. The van der Waals surface area contributed by atoms with E-state index in [1.54, 1.807) is 4.90 Å². The maximum Gasteiger partial charge on any atom is 0.223 e. The number of carbonyl (C=O) groups excluding carboxylic acids is 2. The number of rotatable bonds is 5. The molecule has 6 nitrogen and oxygen atoms in total. The van der Waals surface area contributed by atoms with E-state index in [0.29, 0.717) is 24.8 Å². The van der Waals surface area contributed by atoms with Crippen LogP contribution in [-0.4, -0.2) is 39.6 Å². The summed E-state index contributed by atoms with van der Waals surface area (Å²) in [7, 11) is 0. The van der Waals surface area contributed by atoms with Gasteiger partial charge in [0.1, 0.15) is 5.82 Å². The molecule has 2 atom stereocenters. The molecule has 1 fully saturated rings. The van der Waals surface area contributed by atoms with Gasteiger partial charge in [-0.3, -0.25) is 9.59 Å². The van der Waals surface area contributed by atoms with Crippen LogP contribution in [0.4, 0.5) is 0 Å². The number of nitrogens with one attached hydrogen (secondary N) is 1. The van der Waals surface area contributed by atoms with Crippen LogP contribution in [0.25, 0.3) is 11.0 Å². The smallest absolute Gasteiger partial charge is 0.223 e. The third-order valence-electron chi connectivity index (χ3n) is 4.30. The predicted octanol–water partition coefficient (Wildman–Crippen LogP) is 2.24. The highest BCUT2D eigenvalue weighted by Gasteiger charge is 2.38. The first-order chi connectivity index (χ1) is 11.5. The summed E-state index contributed by atoms with van der Waals surface area (Å²) in [5.74, 6) is -0.925. The standard InChI is InChI=1S/C18H20N4O2/c1-11(2)9-22-10-12(7-16(22)23)17(24)13(8-19)18-20-14-5-3-4-6-15(14)21-18/h3-6,11-13H,7,9-10H2,1-2H3,(H,20,21)/t12-,13-/m1/s1. The zero-order valence-corrected chi connectivity index (χ0v) is 13.8. The zero-order chi connectivity index (χ0) is 17.3. The lowest BCUT2D eigenvalue weighted by atomic mass is 9.92. The normalized spacial score (nSPS) is 19.0. The molecule has 6 heteroatoms. The Kier molecular flexibility index (Phi) is 4.34. The van der Waals surface area contributed by atoms with Crippen molar-refractivity contribution in [2.45, 2.75) is 26.2 Å². The molecule has 1 aromatic heterocycles. The number of H-pyrrole nitrogens is 1. The molecule has 1 aliphatic heterocycles. The van der Waals surface area contributed by atoms with Gasteiger partial charge in [0.05, 0.1) is 17.1 Å². The Morgan fingerprint density at radius 2 is 2.21 bits per heavy atom. The molecule has 24 heavy (non-hydrogen) atoms. The van der Waals surface area contributed by atoms with Crippen LogP contribution in [0.3, 0.4) is 0 Å². The van der Waals surface area contributed by atoms with Crippen LogP contribution in [0.1, 0.15) is 32.0 Å². The monoisotopic (exact) mass is 324 g/mol. The van der Waals surface area contributed by atoms with Gasteiger partial charge in [0.2, 0.25) is 5.91 Å². The zero-order valence-electron chi connectivity index (χ0n) is 13.8. The highest BCUT2D eigenvalue weighted by atomic mass is 16.2. The van der Waals surface area contributed by atoms with Crippen molar-refractivity contribution in [3.8, 4) is 6.07 Å². The molecule has 1 saturated heterocycles. The lowest BCUT2D eigenvalue weighted by Crippen LogP contribution is -2.30. The van der Waals surface area contributed by atoms with Crippen LogP contribution in [0, 0.1) is 23.2 Å². The SMILES string of the molecule is CC(C)CN1C[C@H](C(=O)[C@@H](C#N)c2nc3ccccc3[nH]2)CC1=O. The minimum atomic E-state index is -0.964. The lowest BCUT2D eigenvalue weighted by molar-refractivity contribution is -0.129. The number of nitriles is 1. The van der Waals surface area contributed by atoms with Gasteiger partial charge in [-0.2, -0.15) is 5.26 Å². The number of amides is 1. The van der Waals surface area contributed by atoms with Crippen LogP contribution < -0.4 is 0 Å². The molecule has 0 bridgehead atoms. The number of hydrogen-bond acceptors (Lipinski definition) is 4. The van der Waals surface area contributed by atoms with Crippen LogP contribution >= 0.6 is 0 Å². The first-order valence-electron chi connectivity index (χ1n) is 8.15. The molecule has 0 saturated carbocycles. The van der Waals surface area contributed by atoms with E-state index in [2.05, 4.69) is 16.0 Å². The molecule has 1 amide bonds.